The maximum atomic E-state index is 13.0. The Morgan fingerprint density at radius 3 is 2.61 bits per heavy atom. The van der Waals surface area contributed by atoms with Gasteiger partial charge in [0.15, 0.2) is 0 Å². The van der Waals surface area contributed by atoms with Crippen molar-refractivity contribution in [2.45, 2.75) is 19.4 Å². The zero-order chi connectivity index (χ0) is 22.0. The van der Waals surface area contributed by atoms with Crippen LogP contribution in [0.2, 0.25) is 0 Å². The number of rotatable bonds is 7. The van der Waals surface area contributed by atoms with Gasteiger partial charge in [-0.05, 0) is 19.1 Å². The highest BCUT2D eigenvalue weighted by Crippen LogP contribution is 2.22. The predicted octanol–water partition coefficient (Wildman–Crippen LogP) is 1.11. The van der Waals surface area contributed by atoms with Gasteiger partial charge in [0.25, 0.3) is 11.8 Å². The van der Waals surface area contributed by atoms with Gasteiger partial charge in [0.05, 0.1) is 12.5 Å². The number of nitrogens with one attached hydrogen (secondary N) is 1. The summed E-state index contributed by atoms with van der Waals surface area (Å²) in [7, 11) is 0. The van der Waals surface area contributed by atoms with Crippen LogP contribution >= 0.6 is 0 Å². The van der Waals surface area contributed by atoms with Crippen molar-refractivity contribution in [2.24, 2.45) is 5.73 Å². The average molecular weight is 418 g/mol. The molecule has 1 atom stereocenters. The molecule has 3 N–H and O–H groups in total. The zero-order valence-electron chi connectivity index (χ0n) is 16.5. The molecule has 0 radical (unpaired) electrons. The lowest BCUT2D eigenvalue weighted by molar-refractivity contribution is -0.137. The first kappa shape index (κ1) is 20.0. The number of hydrogen-bond donors (Lipinski definition) is 2. The third-order valence-corrected chi connectivity index (χ3v) is 4.77. The molecule has 4 rings (SSSR count). The number of carbonyl (C=O) groups is 3. The minimum absolute atomic E-state index is 0.0273. The zero-order valence-corrected chi connectivity index (χ0v) is 16.5. The summed E-state index contributed by atoms with van der Waals surface area (Å²) in [6.45, 7) is 1.69. The van der Waals surface area contributed by atoms with Crippen LogP contribution in [0.1, 0.15) is 21.9 Å². The van der Waals surface area contributed by atoms with E-state index in [-0.39, 0.29) is 18.1 Å². The molecular formula is C21H18N6O4. The van der Waals surface area contributed by atoms with E-state index in [1.807, 2.05) is 18.2 Å². The molecule has 10 heteroatoms. The molecule has 1 aromatic carbocycles. The molecule has 0 spiro atoms. The van der Waals surface area contributed by atoms with E-state index in [1.165, 1.54) is 29.4 Å². The van der Waals surface area contributed by atoms with Gasteiger partial charge in [-0.3, -0.25) is 19.0 Å². The second-order valence-corrected chi connectivity index (χ2v) is 6.79. The molecule has 10 nitrogen and oxygen atoms in total. The molecule has 0 aliphatic carbocycles. The molecule has 31 heavy (non-hydrogen) atoms. The summed E-state index contributed by atoms with van der Waals surface area (Å²) in [5, 5.41) is 3.37. The van der Waals surface area contributed by atoms with Gasteiger partial charge in [0, 0.05) is 29.8 Å². The van der Waals surface area contributed by atoms with E-state index in [4.69, 9.17) is 10.2 Å². The summed E-state index contributed by atoms with van der Waals surface area (Å²) < 4.78 is 6.94. The molecule has 2 amide bonds. The second kappa shape index (κ2) is 8.19. The molecule has 0 aliphatic heterocycles. The van der Waals surface area contributed by atoms with Crippen LogP contribution in [0.25, 0.3) is 16.9 Å². The number of para-hydroxylation sites is 1. The minimum atomic E-state index is -1.19. The maximum absolute atomic E-state index is 13.0. The number of aryl methyl sites for hydroxylation is 1. The summed E-state index contributed by atoms with van der Waals surface area (Å²) in [6, 6.07) is 7.71. The van der Waals surface area contributed by atoms with E-state index in [9.17, 15) is 14.4 Å². The third-order valence-electron chi connectivity index (χ3n) is 4.77. The lowest BCUT2D eigenvalue weighted by atomic mass is 10.0. The van der Waals surface area contributed by atoms with E-state index in [1.54, 1.807) is 19.1 Å². The average Bonchev–Trinajstić information content (AvgIpc) is 3.37. The smallest absolute Gasteiger partial charge is 0.287 e. The number of aromatic nitrogens is 4. The topological polar surface area (TPSA) is 146 Å². The summed E-state index contributed by atoms with van der Waals surface area (Å²) in [4.78, 5) is 49.5. The Hall–Kier alpha value is -4.34. The summed E-state index contributed by atoms with van der Waals surface area (Å²) >= 11 is 0. The van der Waals surface area contributed by atoms with Crippen molar-refractivity contribution in [1.82, 2.24) is 24.8 Å². The monoisotopic (exact) mass is 418 g/mol. The van der Waals surface area contributed by atoms with Crippen LogP contribution in [-0.4, -0.2) is 43.2 Å². The third kappa shape index (κ3) is 3.90. The van der Waals surface area contributed by atoms with Crippen molar-refractivity contribution in [1.29, 1.82) is 0 Å². The molecule has 0 fully saturated rings. The van der Waals surface area contributed by atoms with Crippen LogP contribution < -0.4 is 11.1 Å². The molecule has 3 heterocycles. The number of furan rings is 1. The number of imidazole rings is 1. The summed E-state index contributed by atoms with van der Waals surface area (Å²) in [5.41, 5.74) is 6.62. The lowest BCUT2D eigenvalue weighted by Gasteiger charge is -2.16. The highest BCUT2D eigenvalue weighted by molar-refractivity contribution is 6.38. The molecule has 0 bridgehead atoms. The SMILES string of the molecule is Cc1ncc(C(=O)NC(Cc2coc3ccccc23)C(=O)C(N)=O)n1-c1ncccn1. The van der Waals surface area contributed by atoms with Crippen molar-refractivity contribution in [3.8, 4) is 5.95 Å². The first-order chi connectivity index (χ1) is 15.0. The molecule has 0 aliphatic rings. The molecule has 0 saturated heterocycles. The number of ketones is 1. The van der Waals surface area contributed by atoms with Gasteiger partial charge in [0.2, 0.25) is 11.7 Å². The van der Waals surface area contributed by atoms with Crippen LogP contribution in [-0.2, 0) is 16.0 Å². The van der Waals surface area contributed by atoms with E-state index in [0.29, 0.717) is 17.0 Å². The fraction of sp³-hybridized carbons (Fsp3) is 0.143. The van der Waals surface area contributed by atoms with Crippen molar-refractivity contribution in [2.75, 3.05) is 0 Å². The quantitative estimate of drug-likeness (QED) is 0.427. The van der Waals surface area contributed by atoms with Gasteiger partial charge < -0.3 is 15.5 Å². The number of Topliss-reactive ketones (excluding diaryl/α,β-unsaturated/α-hetero) is 1. The minimum Gasteiger partial charge on any atom is -0.464 e. The first-order valence-corrected chi connectivity index (χ1v) is 9.37. The van der Waals surface area contributed by atoms with Crippen LogP contribution in [0.3, 0.4) is 0 Å². The Bertz CT molecular complexity index is 1280. The van der Waals surface area contributed by atoms with Crippen molar-refractivity contribution in [3.63, 3.8) is 0 Å². The summed E-state index contributed by atoms with van der Waals surface area (Å²) in [6.07, 6.45) is 5.93. The second-order valence-electron chi connectivity index (χ2n) is 6.79. The van der Waals surface area contributed by atoms with Gasteiger partial charge in [-0.25, -0.2) is 15.0 Å². The van der Waals surface area contributed by atoms with Crippen LogP contribution in [0.5, 0.6) is 0 Å². The van der Waals surface area contributed by atoms with Gasteiger partial charge in [-0.15, -0.1) is 0 Å². The molecule has 1 unspecified atom stereocenters. The molecule has 4 aromatic rings. The molecule has 3 aromatic heterocycles. The highest BCUT2D eigenvalue weighted by atomic mass is 16.3. The Morgan fingerprint density at radius 2 is 1.87 bits per heavy atom. The van der Waals surface area contributed by atoms with E-state index >= 15 is 0 Å². The van der Waals surface area contributed by atoms with Crippen molar-refractivity contribution >= 4 is 28.6 Å². The Balaban J connectivity index is 1.65. The maximum Gasteiger partial charge on any atom is 0.287 e. The van der Waals surface area contributed by atoms with Crippen molar-refractivity contribution < 1.29 is 18.8 Å². The van der Waals surface area contributed by atoms with Gasteiger partial charge in [-0.2, -0.15) is 0 Å². The number of nitrogens with zero attached hydrogens (tertiary/aromatic N) is 4. The Kier molecular flexibility index (Phi) is 5.27. The highest BCUT2D eigenvalue weighted by Gasteiger charge is 2.29. The van der Waals surface area contributed by atoms with Crippen LogP contribution in [0.4, 0.5) is 0 Å². The molecular weight excluding hydrogens is 400 g/mol. The number of hydrogen-bond acceptors (Lipinski definition) is 7. The standard InChI is InChI=1S/C21H18N6O4/c1-12-25-10-16(27(12)21-23-7-4-8-24-21)20(30)26-15(18(28)19(22)29)9-13-11-31-17-6-3-2-5-14(13)17/h2-8,10-11,15H,9H2,1H3,(H2,22,29)(H,26,30). The molecule has 0 saturated carbocycles. The number of benzene rings is 1. The van der Waals surface area contributed by atoms with Gasteiger partial charge >= 0.3 is 0 Å². The molecule has 156 valence electrons. The van der Waals surface area contributed by atoms with Crippen LogP contribution in [0, 0.1) is 6.92 Å². The van der Waals surface area contributed by atoms with Crippen LogP contribution in [0.15, 0.2) is 59.6 Å². The first-order valence-electron chi connectivity index (χ1n) is 9.37. The number of primary amides is 1. The lowest BCUT2D eigenvalue weighted by Crippen LogP contribution is -2.47. The number of amides is 2. The fourth-order valence-electron chi connectivity index (χ4n) is 3.29. The van der Waals surface area contributed by atoms with E-state index in [0.717, 1.165) is 5.39 Å². The number of carbonyl (C=O) groups excluding carboxylic acids is 3. The number of fused-ring (bicyclic) bond motifs is 1. The van der Waals surface area contributed by atoms with E-state index in [2.05, 4.69) is 20.3 Å². The van der Waals surface area contributed by atoms with Gasteiger partial charge in [-0.1, -0.05) is 18.2 Å². The van der Waals surface area contributed by atoms with Gasteiger partial charge in [0.1, 0.15) is 23.1 Å². The normalized spacial score (nSPS) is 11.9. The number of nitrogens with two attached hydrogens (primary N) is 1. The Labute approximate surface area is 176 Å². The van der Waals surface area contributed by atoms with E-state index < -0.39 is 23.6 Å². The summed E-state index contributed by atoms with van der Waals surface area (Å²) in [5.74, 6) is -1.96. The Morgan fingerprint density at radius 1 is 1.13 bits per heavy atom. The predicted molar refractivity (Wildman–Crippen MR) is 109 cm³/mol. The van der Waals surface area contributed by atoms with Crippen molar-refractivity contribution in [3.05, 3.63) is 72.3 Å². The largest absolute Gasteiger partial charge is 0.464 e. The fourth-order valence-corrected chi connectivity index (χ4v) is 3.29.